The van der Waals surface area contributed by atoms with Gasteiger partial charge in [0.1, 0.15) is 0 Å². The van der Waals surface area contributed by atoms with E-state index in [4.69, 9.17) is 0 Å². The zero-order chi connectivity index (χ0) is 13.9. The van der Waals surface area contributed by atoms with E-state index in [1.54, 1.807) is 30.3 Å². The highest BCUT2D eigenvalue weighted by molar-refractivity contribution is 5.82. The van der Waals surface area contributed by atoms with Gasteiger partial charge in [0.2, 0.25) is 5.91 Å². The van der Waals surface area contributed by atoms with Crippen LogP contribution < -0.4 is 5.32 Å². The molecule has 1 aromatic carbocycles. The molecule has 104 valence electrons. The van der Waals surface area contributed by atoms with E-state index in [2.05, 4.69) is 5.32 Å². The fourth-order valence-corrected chi connectivity index (χ4v) is 2.14. The minimum Gasteiger partial charge on any atom is -0.306 e. The van der Waals surface area contributed by atoms with E-state index in [0.29, 0.717) is 18.5 Å². The Balaban J connectivity index is 2.14. The quantitative estimate of drug-likeness (QED) is 0.856. The Labute approximate surface area is 109 Å². The number of rotatable bonds is 3. The molecule has 1 heterocycles. The van der Waals surface area contributed by atoms with Gasteiger partial charge in [0.05, 0.1) is 12.6 Å². The van der Waals surface area contributed by atoms with Crippen LogP contribution in [0.2, 0.25) is 0 Å². The summed E-state index contributed by atoms with van der Waals surface area (Å²) in [4.78, 5) is 11.9. The predicted octanol–water partition coefficient (Wildman–Crippen LogP) is 2.29. The number of amides is 1. The lowest BCUT2D eigenvalue weighted by atomic mass is 10.1. The molecule has 1 fully saturated rings. The summed E-state index contributed by atoms with van der Waals surface area (Å²) in [6, 6.07) is 7.47. The summed E-state index contributed by atoms with van der Waals surface area (Å²) in [6.07, 6.45) is -3.47. The Kier molecular flexibility index (Phi) is 4.09. The smallest absolute Gasteiger partial charge is 0.306 e. The van der Waals surface area contributed by atoms with E-state index in [9.17, 15) is 18.0 Å². The molecule has 0 bridgehead atoms. The summed E-state index contributed by atoms with van der Waals surface area (Å²) in [6.45, 7) is 0.148. The Morgan fingerprint density at radius 1 is 1.32 bits per heavy atom. The van der Waals surface area contributed by atoms with E-state index < -0.39 is 24.8 Å². The average molecular weight is 272 g/mol. The fraction of sp³-hybridized carbons (Fsp3) is 0.462. The van der Waals surface area contributed by atoms with Crippen molar-refractivity contribution in [1.29, 1.82) is 0 Å². The highest BCUT2D eigenvalue weighted by Crippen LogP contribution is 2.26. The van der Waals surface area contributed by atoms with E-state index in [1.807, 2.05) is 0 Å². The lowest BCUT2D eigenvalue weighted by Crippen LogP contribution is -2.49. The first kappa shape index (κ1) is 13.9. The van der Waals surface area contributed by atoms with Gasteiger partial charge in [-0.25, -0.2) is 4.90 Å². The molecule has 1 aromatic rings. The first-order chi connectivity index (χ1) is 8.98. The molecule has 2 rings (SSSR count). The van der Waals surface area contributed by atoms with Crippen molar-refractivity contribution in [1.82, 2.24) is 10.2 Å². The molecule has 1 saturated heterocycles. The van der Waals surface area contributed by atoms with Crippen LogP contribution in [-0.2, 0) is 11.3 Å². The number of benzene rings is 1. The molecule has 0 aromatic heterocycles. The molecule has 0 radical (unpaired) electrons. The molecule has 1 N–H and O–H groups in total. The fourth-order valence-electron chi connectivity index (χ4n) is 2.14. The maximum atomic E-state index is 13.0. The third-order valence-corrected chi connectivity index (χ3v) is 3.11. The molecule has 1 amide bonds. The van der Waals surface area contributed by atoms with Gasteiger partial charge in [-0.3, -0.25) is 4.79 Å². The standard InChI is InChI=1S/C13H15F3N2O/c14-13(15,16)18(9-10-5-2-1-3-6-10)12(19)11-7-4-8-17-11/h1-3,5-6,11,17H,4,7-9H2/t11-/m0/s1. The maximum absolute atomic E-state index is 13.0. The van der Waals surface area contributed by atoms with E-state index in [1.165, 1.54) is 0 Å². The molecule has 1 aliphatic rings. The van der Waals surface area contributed by atoms with Gasteiger partial charge in [0.15, 0.2) is 0 Å². The van der Waals surface area contributed by atoms with Crippen LogP contribution in [0.25, 0.3) is 0 Å². The molecule has 0 spiro atoms. The molecule has 1 atom stereocenters. The summed E-state index contributed by atoms with van der Waals surface area (Å²) < 4.78 is 39.0. The van der Waals surface area contributed by atoms with Gasteiger partial charge < -0.3 is 5.32 Å². The van der Waals surface area contributed by atoms with Crippen molar-refractivity contribution in [2.45, 2.75) is 31.7 Å². The second-order valence-electron chi connectivity index (χ2n) is 4.53. The lowest BCUT2D eigenvalue weighted by Gasteiger charge is -2.27. The average Bonchev–Trinajstić information content (AvgIpc) is 2.89. The van der Waals surface area contributed by atoms with Crippen molar-refractivity contribution in [3.05, 3.63) is 35.9 Å². The van der Waals surface area contributed by atoms with Gasteiger partial charge in [0.25, 0.3) is 0 Å². The molecule has 0 aliphatic carbocycles. The number of hydrogen-bond donors (Lipinski definition) is 1. The van der Waals surface area contributed by atoms with Crippen LogP contribution in [-0.4, -0.2) is 29.7 Å². The van der Waals surface area contributed by atoms with Crippen LogP contribution >= 0.6 is 0 Å². The van der Waals surface area contributed by atoms with Gasteiger partial charge in [-0.2, -0.15) is 0 Å². The number of carbonyl (C=O) groups is 1. The minimum atomic E-state index is -4.66. The van der Waals surface area contributed by atoms with E-state index >= 15 is 0 Å². The summed E-state index contributed by atoms with van der Waals surface area (Å²) in [7, 11) is 0. The topological polar surface area (TPSA) is 32.3 Å². The lowest BCUT2D eigenvalue weighted by molar-refractivity contribution is -0.244. The Hall–Kier alpha value is -1.56. The minimum absolute atomic E-state index is 0.00861. The SMILES string of the molecule is O=C([C@@H]1CCCN1)N(Cc1ccccc1)C(F)(F)F. The highest BCUT2D eigenvalue weighted by atomic mass is 19.4. The molecule has 1 aliphatic heterocycles. The van der Waals surface area contributed by atoms with Crippen molar-refractivity contribution in [2.75, 3.05) is 6.54 Å². The zero-order valence-electron chi connectivity index (χ0n) is 10.3. The highest BCUT2D eigenvalue weighted by Gasteiger charge is 2.43. The summed E-state index contributed by atoms with van der Waals surface area (Å²) in [5, 5.41) is 2.80. The summed E-state index contributed by atoms with van der Waals surface area (Å²) in [5.41, 5.74) is 0.464. The Bertz CT molecular complexity index is 427. The third kappa shape index (κ3) is 3.47. The van der Waals surface area contributed by atoms with Crippen molar-refractivity contribution in [3.8, 4) is 0 Å². The van der Waals surface area contributed by atoms with Crippen molar-refractivity contribution < 1.29 is 18.0 Å². The Morgan fingerprint density at radius 2 is 2.00 bits per heavy atom. The Morgan fingerprint density at radius 3 is 2.53 bits per heavy atom. The van der Waals surface area contributed by atoms with Crippen LogP contribution in [0.15, 0.2) is 30.3 Å². The largest absolute Gasteiger partial charge is 0.487 e. The number of hydrogen-bond acceptors (Lipinski definition) is 2. The van der Waals surface area contributed by atoms with Gasteiger partial charge >= 0.3 is 6.30 Å². The van der Waals surface area contributed by atoms with Crippen molar-refractivity contribution in [2.24, 2.45) is 0 Å². The van der Waals surface area contributed by atoms with Crippen LogP contribution in [0, 0.1) is 0 Å². The molecule has 6 heteroatoms. The van der Waals surface area contributed by atoms with Crippen molar-refractivity contribution >= 4 is 5.91 Å². The molecular formula is C13H15F3N2O. The summed E-state index contributed by atoms with van der Waals surface area (Å²) in [5.74, 6) is -0.895. The van der Waals surface area contributed by atoms with Crippen LogP contribution in [0.5, 0.6) is 0 Å². The second kappa shape index (κ2) is 5.61. The van der Waals surface area contributed by atoms with E-state index in [0.717, 1.165) is 6.42 Å². The van der Waals surface area contributed by atoms with Crippen LogP contribution in [0.1, 0.15) is 18.4 Å². The molecule has 0 unspecified atom stereocenters. The summed E-state index contributed by atoms with van der Waals surface area (Å²) >= 11 is 0. The monoisotopic (exact) mass is 272 g/mol. The number of carbonyl (C=O) groups excluding carboxylic acids is 1. The molecule has 0 saturated carbocycles. The second-order valence-corrected chi connectivity index (χ2v) is 4.53. The molecule has 19 heavy (non-hydrogen) atoms. The van der Waals surface area contributed by atoms with Gasteiger partial charge in [-0.15, -0.1) is 13.2 Å². The van der Waals surface area contributed by atoms with Crippen molar-refractivity contribution in [3.63, 3.8) is 0 Å². The number of halogens is 3. The molecular weight excluding hydrogens is 257 g/mol. The first-order valence-corrected chi connectivity index (χ1v) is 6.14. The first-order valence-electron chi connectivity index (χ1n) is 6.14. The van der Waals surface area contributed by atoms with Crippen LogP contribution in [0.3, 0.4) is 0 Å². The van der Waals surface area contributed by atoms with Gasteiger partial charge in [-0.05, 0) is 24.9 Å². The third-order valence-electron chi connectivity index (χ3n) is 3.11. The normalized spacial score (nSPS) is 19.4. The predicted molar refractivity (Wildman–Crippen MR) is 64.1 cm³/mol. The zero-order valence-corrected chi connectivity index (χ0v) is 10.3. The van der Waals surface area contributed by atoms with Crippen LogP contribution in [0.4, 0.5) is 13.2 Å². The van der Waals surface area contributed by atoms with E-state index in [-0.39, 0.29) is 4.90 Å². The number of alkyl halides is 3. The van der Waals surface area contributed by atoms with Gasteiger partial charge in [0, 0.05) is 0 Å². The van der Waals surface area contributed by atoms with Gasteiger partial charge in [-0.1, -0.05) is 30.3 Å². The number of nitrogens with zero attached hydrogens (tertiary/aromatic N) is 1. The number of nitrogens with one attached hydrogen (secondary N) is 1. The molecule has 3 nitrogen and oxygen atoms in total. The maximum Gasteiger partial charge on any atom is 0.487 e.